The zero-order valence-corrected chi connectivity index (χ0v) is 19.4. The van der Waals surface area contributed by atoms with Crippen molar-refractivity contribution < 1.29 is 6.21 Å². The summed E-state index contributed by atoms with van der Waals surface area (Å²) in [6.45, 7) is 0. The maximum atomic E-state index is 14.1. The molecule has 0 bridgehead atoms. The molecule has 148 valence electrons. The first-order valence-electron chi connectivity index (χ1n) is 9.45. The van der Waals surface area contributed by atoms with Crippen LogP contribution in [0.3, 0.4) is 0 Å². The fraction of sp³-hybridized carbons (Fsp3) is 0.167. The van der Waals surface area contributed by atoms with Gasteiger partial charge in [-0.05, 0) is 0 Å². The first-order valence-corrected chi connectivity index (χ1v) is 13.7. The molecule has 0 spiro atoms. The number of fused-ring (bicyclic) bond motifs is 2. The van der Waals surface area contributed by atoms with Crippen LogP contribution in [0.1, 0.15) is 0 Å². The molecule has 0 N–H and O–H groups in total. The maximum absolute atomic E-state index is 14.1. The molecule has 0 aliphatic carbocycles. The van der Waals surface area contributed by atoms with E-state index in [-0.39, 0.29) is 0 Å². The first kappa shape index (κ1) is 19.7. The van der Waals surface area contributed by atoms with E-state index in [4.69, 9.17) is 0 Å². The standard InChI is InChI=1S/C24H24N2O2Te/c1-25(2)19-13-5-9-17-11-7-15-21(23(17)19)29(27,28)22-16-8-12-18-10-6-14-20(24(18)22)26(3)4/h5-16H,1-4H3. The number of rotatable bonds is 4. The summed E-state index contributed by atoms with van der Waals surface area (Å²) in [5, 5.41) is 3.46. The molecule has 0 radical (unpaired) electrons. The van der Waals surface area contributed by atoms with E-state index in [1.54, 1.807) is 12.1 Å². The Labute approximate surface area is 174 Å². The zero-order chi connectivity index (χ0) is 20.8. The van der Waals surface area contributed by atoms with E-state index < -0.39 is 18.1 Å². The van der Waals surface area contributed by atoms with Gasteiger partial charge in [0.15, 0.2) is 0 Å². The van der Waals surface area contributed by atoms with Crippen LogP contribution in [-0.2, 0) is 6.21 Å². The Hall–Kier alpha value is -2.61. The Kier molecular flexibility index (Phi) is 4.98. The zero-order valence-electron chi connectivity index (χ0n) is 17.0. The van der Waals surface area contributed by atoms with E-state index in [0.717, 1.165) is 32.9 Å². The molecule has 4 nitrogen and oxygen atoms in total. The van der Waals surface area contributed by atoms with Gasteiger partial charge in [0.25, 0.3) is 0 Å². The molecule has 0 aliphatic heterocycles. The molecule has 29 heavy (non-hydrogen) atoms. The summed E-state index contributed by atoms with van der Waals surface area (Å²) < 4.78 is 29.0. The molecular weight excluding hydrogens is 476 g/mol. The van der Waals surface area contributed by atoms with Crippen LogP contribution in [0.25, 0.3) is 21.5 Å². The molecular formula is C24H24N2O2Te. The quantitative estimate of drug-likeness (QED) is 0.403. The van der Waals surface area contributed by atoms with Crippen LogP contribution >= 0.6 is 0 Å². The number of nitrogens with zero attached hydrogens (tertiary/aromatic N) is 2. The van der Waals surface area contributed by atoms with Gasteiger partial charge in [-0.2, -0.15) is 0 Å². The SMILES string of the molecule is CN(C)c1cccc2cccc([Te](=O)(=O)c3cccc4cccc(N(C)C)c34)c12. The second-order valence-electron chi connectivity index (χ2n) is 7.56. The molecule has 0 atom stereocenters. The Morgan fingerprint density at radius 3 is 1.24 bits per heavy atom. The number of anilines is 2. The molecule has 5 heteroatoms. The van der Waals surface area contributed by atoms with Crippen molar-refractivity contribution in [2.75, 3.05) is 38.0 Å². The second-order valence-corrected chi connectivity index (χ2v) is 12.9. The van der Waals surface area contributed by atoms with Gasteiger partial charge in [-0.25, -0.2) is 0 Å². The Morgan fingerprint density at radius 1 is 0.552 bits per heavy atom. The second kappa shape index (κ2) is 7.33. The van der Waals surface area contributed by atoms with Crippen molar-refractivity contribution >= 4 is 58.3 Å². The van der Waals surface area contributed by atoms with E-state index in [0.29, 0.717) is 7.22 Å². The van der Waals surface area contributed by atoms with Gasteiger partial charge in [-0.15, -0.1) is 0 Å². The van der Waals surface area contributed by atoms with Crippen LogP contribution in [0.4, 0.5) is 11.4 Å². The van der Waals surface area contributed by atoms with E-state index >= 15 is 0 Å². The molecule has 0 saturated heterocycles. The molecule has 0 aromatic heterocycles. The fourth-order valence-electron chi connectivity index (χ4n) is 3.89. The number of hydrogen-bond donors (Lipinski definition) is 0. The molecule has 4 rings (SSSR count). The third kappa shape index (κ3) is 3.25. The summed E-state index contributed by atoms with van der Waals surface area (Å²) in [5.41, 5.74) is 1.82. The van der Waals surface area contributed by atoms with Crippen LogP contribution < -0.4 is 17.0 Å². The Bertz CT molecular complexity index is 1220. The van der Waals surface area contributed by atoms with Gasteiger partial charge in [-0.3, -0.25) is 0 Å². The van der Waals surface area contributed by atoms with E-state index in [1.165, 1.54) is 0 Å². The van der Waals surface area contributed by atoms with E-state index in [2.05, 4.69) is 0 Å². The normalized spacial score (nSPS) is 11.7. The van der Waals surface area contributed by atoms with Gasteiger partial charge in [0.05, 0.1) is 0 Å². The molecule has 4 aromatic rings. The van der Waals surface area contributed by atoms with E-state index in [9.17, 15) is 6.21 Å². The molecule has 0 fully saturated rings. The third-order valence-corrected chi connectivity index (χ3v) is 10.5. The summed E-state index contributed by atoms with van der Waals surface area (Å²) in [6.07, 6.45) is 0. The van der Waals surface area contributed by atoms with Crippen LogP contribution in [0.5, 0.6) is 0 Å². The average Bonchev–Trinajstić information content (AvgIpc) is 2.71. The van der Waals surface area contributed by atoms with Gasteiger partial charge in [0, 0.05) is 0 Å². The van der Waals surface area contributed by atoms with Gasteiger partial charge < -0.3 is 0 Å². The minimum atomic E-state index is -5.17. The van der Waals surface area contributed by atoms with Gasteiger partial charge in [-0.1, -0.05) is 0 Å². The molecule has 0 heterocycles. The fourth-order valence-corrected chi connectivity index (χ4v) is 8.84. The topological polar surface area (TPSA) is 40.6 Å². The summed E-state index contributed by atoms with van der Waals surface area (Å²) in [5.74, 6) is 0. The molecule has 0 aliphatic rings. The molecule has 0 saturated carbocycles. The van der Waals surface area contributed by atoms with Crippen LogP contribution in [0.2, 0.25) is 0 Å². The predicted molar refractivity (Wildman–Crippen MR) is 123 cm³/mol. The van der Waals surface area contributed by atoms with Gasteiger partial charge in [0.1, 0.15) is 0 Å². The summed E-state index contributed by atoms with van der Waals surface area (Å²) in [4.78, 5) is 3.94. The van der Waals surface area contributed by atoms with Crippen LogP contribution in [0.15, 0.2) is 72.8 Å². The summed E-state index contributed by atoms with van der Waals surface area (Å²) >= 11 is -5.17. The number of hydrogen-bond acceptors (Lipinski definition) is 4. The number of benzene rings is 4. The van der Waals surface area contributed by atoms with Gasteiger partial charge in [0.2, 0.25) is 0 Å². The van der Waals surface area contributed by atoms with Crippen molar-refractivity contribution in [3.8, 4) is 0 Å². The molecule has 0 amide bonds. The third-order valence-electron chi connectivity index (χ3n) is 5.23. The minimum absolute atomic E-state index is 0.440. The van der Waals surface area contributed by atoms with Crippen molar-refractivity contribution in [2.24, 2.45) is 0 Å². The van der Waals surface area contributed by atoms with Crippen LogP contribution in [0, 0.1) is 0 Å². The van der Waals surface area contributed by atoms with Crippen molar-refractivity contribution in [3.63, 3.8) is 0 Å². The van der Waals surface area contributed by atoms with Gasteiger partial charge >= 0.3 is 175 Å². The molecule has 0 unspecified atom stereocenters. The molecule has 4 aromatic carbocycles. The van der Waals surface area contributed by atoms with Crippen molar-refractivity contribution in [1.29, 1.82) is 0 Å². The van der Waals surface area contributed by atoms with E-state index in [1.807, 2.05) is 98.7 Å². The summed E-state index contributed by atoms with van der Waals surface area (Å²) in [7, 11) is 7.77. The van der Waals surface area contributed by atoms with Crippen molar-refractivity contribution in [2.45, 2.75) is 0 Å². The van der Waals surface area contributed by atoms with Crippen molar-refractivity contribution in [3.05, 3.63) is 72.8 Å². The summed E-state index contributed by atoms with van der Waals surface area (Å²) in [6, 6.07) is 23.0. The Balaban J connectivity index is 2.11. The predicted octanol–water partition coefficient (Wildman–Crippen LogP) is 3.54. The van der Waals surface area contributed by atoms with Crippen molar-refractivity contribution in [1.82, 2.24) is 0 Å². The Morgan fingerprint density at radius 2 is 0.897 bits per heavy atom. The first-order chi connectivity index (χ1) is 13.8. The monoisotopic (exact) mass is 502 g/mol. The average molecular weight is 500 g/mol. The van der Waals surface area contributed by atoms with Crippen LogP contribution in [-0.4, -0.2) is 46.3 Å².